The van der Waals surface area contributed by atoms with E-state index >= 15 is 0 Å². The second-order valence-corrected chi connectivity index (χ2v) is 5.01. The number of hydrogen-bond donors (Lipinski definition) is 2. The van der Waals surface area contributed by atoms with Gasteiger partial charge in [-0.25, -0.2) is 9.97 Å². The number of hydrogen-bond acceptors (Lipinski definition) is 6. The average Bonchev–Trinajstić information content (AvgIpc) is 2.46. The van der Waals surface area contributed by atoms with Crippen LogP contribution in [0, 0.1) is 0 Å². The summed E-state index contributed by atoms with van der Waals surface area (Å²) in [6, 6.07) is 2.33. The molecule has 1 aromatic rings. The highest BCUT2D eigenvalue weighted by atomic mass is 32.2. The van der Waals surface area contributed by atoms with Crippen LogP contribution in [0.1, 0.15) is 26.7 Å². The Labute approximate surface area is 119 Å². The van der Waals surface area contributed by atoms with Gasteiger partial charge in [0.2, 0.25) is 0 Å². The van der Waals surface area contributed by atoms with Gasteiger partial charge in [-0.15, -0.1) is 0 Å². The molecule has 0 spiro atoms. The Kier molecular flexibility index (Phi) is 6.94. The van der Waals surface area contributed by atoms with Crippen molar-refractivity contribution in [3.05, 3.63) is 6.07 Å². The van der Waals surface area contributed by atoms with Gasteiger partial charge in [-0.3, -0.25) is 0 Å². The van der Waals surface area contributed by atoms with Gasteiger partial charge in [0.15, 0.2) is 5.16 Å². The zero-order valence-electron chi connectivity index (χ0n) is 12.2. The van der Waals surface area contributed by atoms with Gasteiger partial charge in [0.25, 0.3) is 0 Å². The maximum absolute atomic E-state index is 9.29. The lowest BCUT2D eigenvalue weighted by molar-refractivity contribution is 0.295. The highest BCUT2D eigenvalue weighted by Crippen LogP contribution is 2.23. The maximum atomic E-state index is 9.29. The van der Waals surface area contributed by atoms with E-state index in [0.29, 0.717) is 12.6 Å². The standard InChI is InChI=1S/C13H24N4OS/c1-5-10(6-2)17(7-8-18)12-9-11(14-3)15-13(16-12)19-4/h9-10,18H,5-8H2,1-4H3,(H,14,15,16). The van der Waals surface area contributed by atoms with E-state index in [0.717, 1.165) is 29.6 Å². The summed E-state index contributed by atoms with van der Waals surface area (Å²) in [5.74, 6) is 1.69. The summed E-state index contributed by atoms with van der Waals surface area (Å²) in [5, 5.41) is 13.1. The average molecular weight is 284 g/mol. The number of rotatable bonds is 8. The summed E-state index contributed by atoms with van der Waals surface area (Å²) in [5.41, 5.74) is 0. The van der Waals surface area contributed by atoms with E-state index in [1.807, 2.05) is 19.4 Å². The molecule has 0 saturated heterocycles. The number of aromatic nitrogens is 2. The van der Waals surface area contributed by atoms with Crippen molar-refractivity contribution < 1.29 is 5.11 Å². The lowest BCUT2D eigenvalue weighted by Gasteiger charge is -2.31. The molecular formula is C13H24N4OS. The summed E-state index contributed by atoms with van der Waals surface area (Å²) >= 11 is 1.52. The van der Waals surface area contributed by atoms with Crippen LogP contribution in [-0.4, -0.2) is 47.6 Å². The Hall–Kier alpha value is -1.01. The Bertz CT molecular complexity index is 363. The third-order valence-corrected chi connectivity index (χ3v) is 3.70. The van der Waals surface area contributed by atoms with Gasteiger partial charge in [-0.05, 0) is 19.1 Å². The number of thioether (sulfide) groups is 1. The van der Waals surface area contributed by atoms with Crippen LogP contribution >= 0.6 is 11.8 Å². The van der Waals surface area contributed by atoms with Crippen molar-refractivity contribution in [3.8, 4) is 0 Å². The van der Waals surface area contributed by atoms with Gasteiger partial charge < -0.3 is 15.3 Å². The van der Waals surface area contributed by atoms with Crippen molar-refractivity contribution in [2.75, 3.05) is 36.7 Å². The first-order chi connectivity index (χ1) is 9.19. The first-order valence-electron chi connectivity index (χ1n) is 6.68. The van der Waals surface area contributed by atoms with E-state index in [-0.39, 0.29) is 6.61 Å². The molecule has 0 atom stereocenters. The van der Waals surface area contributed by atoms with Crippen LogP contribution < -0.4 is 10.2 Å². The highest BCUT2D eigenvalue weighted by molar-refractivity contribution is 7.98. The molecule has 0 bridgehead atoms. The Balaban J connectivity index is 3.12. The van der Waals surface area contributed by atoms with Crippen molar-refractivity contribution in [1.82, 2.24) is 9.97 Å². The van der Waals surface area contributed by atoms with E-state index in [2.05, 4.69) is 34.0 Å². The molecule has 0 radical (unpaired) electrons. The van der Waals surface area contributed by atoms with Gasteiger partial charge in [0, 0.05) is 25.7 Å². The van der Waals surface area contributed by atoms with E-state index < -0.39 is 0 Å². The normalized spacial score (nSPS) is 10.8. The molecule has 2 N–H and O–H groups in total. The van der Waals surface area contributed by atoms with Crippen molar-refractivity contribution in [2.45, 2.75) is 37.9 Å². The molecule has 0 aromatic carbocycles. The first-order valence-corrected chi connectivity index (χ1v) is 7.90. The molecule has 6 heteroatoms. The topological polar surface area (TPSA) is 61.3 Å². The van der Waals surface area contributed by atoms with Crippen LogP contribution in [0.25, 0.3) is 0 Å². The molecule has 0 unspecified atom stereocenters. The molecule has 1 aromatic heterocycles. The molecular weight excluding hydrogens is 260 g/mol. The summed E-state index contributed by atoms with van der Waals surface area (Å²) in [6.45, 7) is 5.05. The fourth-order valence-electron chi connectivity index (χ4n) is 2.10. The number of anilines is 2. The molecule has 0 aliphatic rings. The van der Waals surface area contributed by atoms with Gasteiger partial charge in [-0.2, -0.15) is 0 Å². The number of aliphatic hydroxyl groups excluding tert-OH is 1. The minimum Gasteiger partial charge on any atom is -0.395 e. The van der Waals surface area contributed by atoms with Crippen molar-refractivity contribution in [1.29, 1.82) is 0 Å². The van der Waals surface area contributed by atoms with Gasteiger partial charge in [0.1, 0.15) is 11.6 Å². The molecule has 108 valence electrons. The maximum Gasteiger partial charge on any atom is 0.191 e. The second kappa shape index (κ2) is 8.22. The van der Waals surface area contributed by atoms with E-state index in [4.69, 9.17) is 0 Å². The van der Waals surface area contributed by atoms with Crippen molar-refractivity contribution >= 4 is 23.4 Å². The third-order valence-electron chi connectivity index (χ3n) is 3.15. The minimum absolute atomic E-state index is 0.129. The van der Waals surface area contributed by atoms with E-state index in [9.17, 15) is 5.11 Å². The third kappa shape index (κ3) is 4.24. The Morgan fingerprint density at radius 2 is 2.05 bits per heavy atom. The van der Waals surface area contributed by atoms with Crippen LogP contribution in [0.2, 0.25) is 0 Å². The number of nitrogens with zero attached hydrogens (tertiary/aromatic N) is 3. The van der Waals surface area contributed by atoms with Crippen LogP contribution in [0.4, 0.5) is 11.6 Å². The van der Waals surface area contributed by atoms with Gasteiger partial charge >= 0.3 is 0 Å². The molecule has 0 aliphatic carbocycles. The predicted molar refractivity (Wildman–Crippen MR) is 82.2 cm³/mol. The fourth-order valence-corrected chi connectivity index (χ4v) is 2.48. The van der Waals surface area contributed by atoms with E-state index in [1.54, 1.807) is 0 Å². The lowest BCUT2D eigenvalue weighted by atomic mass is 10.1. The smallest absolute Gasteiger partial charge is 0.191 e. The number of aliphatic hydroxyl groups is 1. The van der Waals surface area contributed by atoms with Gasteiger partial charge in [0.05, 0.1) is 6.61 Å². The fraction of sp³-hybridized carbons (Fsp3) is 0.692. The first kappa shape index (κ1) is 16.0. The molecule has 1 heterocycles. The Morgan fingerprint density at radius 3 is 2.53 bits per heavy atom. The van der Waals surface area contributed by atoms with E-state index in [1.165, 1.54) is 11.8 Å². The quantitative estimate of drug-likeness (QED) is 0.564. The minimum atomic E-state index is 0.129. The summed E-state index contributed by atoms with van der Waals surface area (Å²) in [7, 11) is 1.85. The molecule has 0 aliphatic heterocycles. The predicted octanol–water partition coefficient (Wildman–Crippen LogP) is 2.23. The summed E-state index contributed by atoms with van der Waals surface area (Å²) in [4.78, 5) is 11.1. The van der Waals surface area contributed by atoms with Crippen LogP contribution in [0.15, 0.2) is 11.2 Å². The Morgan fingerprint density at radius 1 is 1.37 bits per heavy atom. The SMILES string of the molecule is CCC(CC)N(CCO)c1cc(NC)nc(SC)n1. The van der Waals surface area contributed by atoms with Crippen LogP contribution in [-0.2, 0) is 0 Å². The van der Waals surface area contributed by atoms with Crippen LogP contribution in [0.5, 0.6) is 0 Å². The largest absolute Gasteiger partial charge is 0.395 e. The monoisotopic (exact) mass is 284 g/mol. The van der Waals surface area contributed by atoms with Crippen molar-refractivity contribution in [2.24, 2.45) is 0 Å². The molecule has 1 rings (SSSR count). The molecule has 19 heavy (non-hydrogen) atoms. The molecule has 0 amide bonds. The van der Waals surface area contributed by atoms with Crippen molar-refractivity contribution in [3.63, 3.8) is 0 Å². The summed E-state index contributed by atoms with van der Waals surface area (Å²) in [6.07, 6.45) is 4.03. The van der Waals surface area contributed by atoms with Gasteiger partial charge in [-0.1, -0.05) is 25.6 Å². The highest BCUT2D eigenvalue weighted by Gasteiger charge is 2.18. The second-order valence-electron chi connectivity index (χ2n) is 4.24. The number of nitrogens with one attached hydrogen (secondary N) is 1. The zero-order chi connectivity index (χ0) is 14.3. The summed E-state index contributed by atoms with van der Waals surface area (Å²) < 4.78 is 0. The molecule has 0 fully saturated rings. The molecule has 0 saturated carbocycles. The van der Waals surface area contributed by atoms with Crippen LogP contribution in [0.3, 0.4) is 0 Å². The molecule has 5 nitrogen and oxygen atoms in total. The zero-order valence-corrected chi connectivity index (χ0v) is 13.0. The lowest BCUT2D eigenvalue weighted by Crippen LogP contribution is -2.37.